The molecule has 1 aliphatic heterocycles. The van der Waals surface area contributed by atoms with E-state index >= 15 is 0 Å². The van der Waals surface area contributed by atoms with Gasteiger partial charge in [-0.05, 0) is 44.5 Å². The van der Waals surface area contributed by atoms with E-state index in [9.17, 15) is 0 Å². The SMILES string of the molecule is C1CCCC1.COc1ccccc1P(c1ccccc1OC)C1CCCC1C1=N[C@@H](C(C)C)CO1.[Fe]. The van der Waals surface area contributed by atoms with Crippen LogP contribution in [0.5, 0.6) is 11.5 Å². The van der Waals surface area contributed by atoms with Crippen molar-refractivity contribution in [3.63, 3.8) is 0 Å². The van der Waals surface area contributed by atoms with Gasteiger partial charge in [0.05, 0.1) is 20.3 Å². The number of aliphatic imine (C=N–C) groups is 1. The molecule has 3 aliphatic rings. The van der Waals surface area contributed by atoms with Crippen LogP contribution in [0.4, 0.5) is 0 Å². The quantitative estimate of drug-likeness (QED) is 0.284. The van der Waals surface area contributed by atoms with Gasteiger partial charge in [0, 0.05) is 33.6 Å². The Balaban J connectivity index is 0.000000538. The van der Waals surface area contributed by atoms with Crippen LogP contribution in [0, 0.1) is 11.8 Å². The third kappa shape index (κ3) is 6.85. The van der Waals surface area contributed by atoms with Gasteiger partial charge >= 0.3 is 0 Å². The maximum Gasteiger partial charge on any atom is 0.187 e. The molecule has 4 nitrogen and oxygen atoms in total. The molecule has 2 saturated carbocycles. The number of methoxy groups -OCH3 is 2. The number of benzene rings is 2. The van der Waals surface area contributed by atoms with E-state index in [1.807, 2.05) is 12.1 Å². The van der Waals surface area contributed by atoms with Crippen LogP contribution < -0.4 is 20.1 Å². The molecule has 36 heavy (non-hydrogen) atoms. The maximum absolute atomic E-state index is 6.17. The van der Waals surface area contributed by atoms with Crippen molar-refractivity contribution in [3.05, 3.63) is 48.5 Å². The van der Waals surface area contributed by atoms with E-state index in [4.69, 9.17) is 19.2 Å². The summed E-state index contributed by atoms with van der Waals surface area (Å²) in [6.45, 7) is 5.17. The molecule has 6 heteroatoms. The van der Waals surface area contributed by atoms with Crippen LogP contribution in [0.2, 0.25) is 0 Å². The Kier molecular flexibility index (Phi) is 11.6. The van der Waals surface area contributed by atoms with Crippen LogP contribution >= 0.6 is 7.92 Å². The fourth-order valence-electron chi connectivity index (χ4n) is 5.52. The molecule has 1 heterocycles. The molecule has 2 fully saturated rings. The van der Waals surface area contributed by atoms with Crippen molar-refractivity contribution in [2.45, 2.75) is 76.9 Å². The van der Waals surface area contributed by atoms with E-state index in [0.29, 0.717) is 17.5 Å². The van der Waals surface area contributed by atoms with Gasteiger partial charge in [-0.25, -0.2) is 4.99 Å². The van der Waals surface area contributed by atoms with Crippen molar-refractivity contribution in [1.82, 2.24) is 0 Å². The summed E-state index contributed by atoms with van der Waals surface area (Å²) in [5.74, 6) is 3.75. The van der Waals surface area contributed by atoms with E-state index in [0.717, 1.165) is 30.4 Å². The summed E-state index contributed by atoms with van der Waals surface area (Å²) in [7, 11) is 2.82. The van der Waals surface area contributed by atoms with Gasteiger partial charge in [-0.1, -0.05) is 88.8 Å². The third-order valence-corrected chi connectivity index (χ3v) is 10.6. The van der Waals surface area contributed by atoms with Crippen molar-refractivity contribution in [2.75, 3.05) is 20.8 Å². The molecule has 0 spiro atoms. The second-order valence-electron chi connectivity index (χ2n) is 10.2. The summed E-state index contributed by atoms with van der Waals surface area (Å²) in [5.41, 5.74) is 0.456. The molecular weight excluding hydrogens is 509 g/mol. The average molecular weight is 551 g/mol. The molecule has 5 rings (SSSR count). The summed E-state index contributed by atoms with van der Waals surface area (Å²) in [6, 6.07) is 17.2. The Morgan fingerprint density at radius 3 is 1.81 bits per heavy atom. The third-order valence-electron chi connectivity index (χ3n) is 7.53. The minimum absolute atomic E-state index is 0. The van der Waals surface area contributed by atoms with Crippen LogP contribution in [0.25, 0.3) is 0 Å². The second kappa shape index (κ2) is 14.4. The Labute approximate surface area is 229 Å². The normalized spacial score (nSPS) is 22.9. The number of hydrogen-bond donors (Lipinski definition) is 0. The Hall–Kier alpha value is -1.54. The summed E-state index contributed by atoms with van der Waals surface area (Å²) < 4.78 is 17.8. The predicted octanol–water partition coefficient (Wildman–Crippen LogP) is 6.71. The molecule has 3 atom stereocenters. The first-order chi connectivity index (χ1) is 17.1. The molecule has 0 N–H and O–H groups in total. The first-order valence-corrected chi connectivity index (χ1v) is 14.8. The Bertz CT molecular complexity index is 923. The fraction of sp³-hybridized carbons (Fsp3) is 0.567. The van der Waals surface area contributed by atoms with E-state index in [2.05, 4.69) is 50.2 Å². The van der Waals surface area contributed by atoms with Crippen LogP contribution in [0.15, 0.2) is 53.5 Å². The van der Waals surface area contributed by atoms with Gasteiger partial charge in [-0.3, -0.25) is 0 Å². The first kappa shape index (κ1) is 29.0. The fourth-order valence-corrected chi connectivity index (χ4v) is 8.87. The van der Waals surface area contributed by atoms with Gasteiger partial charge in [-0.2, -0.15) is 0 Å². The molecule has 198 valence electrons. The topological polar surface area (TPSA) is 40.0 Å². The van der Waals surface area contributed by atoms with E-state index in [1.54, 1.807) is 14.2 Å². The average Bonchev–Trinajstić information content (AvgIpc) is 3.68. The zero-order valence-corrected chi connectivity index (χ0v) is 24.3. The van der Waals surface area contributed by atoms with Gasteiger partial charge in [0.15, 0.2) is 5.90 Å². The molecule has 0 aromatic heterocycles. The molecule has 2 unspecified atom stereocenters. The molecule has 0 radical (unpaired) electrons. The summed E-state index contributed by atoms with van der Waals surface area (Å²) in [6.07, 6.45) is 11.0. The minimum atomic E-state index is -0.701. The molecule has 2 aromatic rings. The first-order valence-electron chi connectivity index (χ1n) is 13.4. The van der Waals surface area contributed by atoms with Gasteiger partial charge in [0.2, 0.25) is 0 Å². The predicted molar refractivity (Wildman–Crippen MR) is 148 cm³/mol. The Morgan fingerprint density at radius 1 is 0.806 bits per heavy atom. The van der Waals surface area contributed by atoms with Gasteiger partial charge in [0.1, 0.15) is 18.1 Å². The van der Waals surface area contributed by atoms with Crippen LogP contribution in [-0.2, 0) is 21.8 Å². The van der Waals surface area contributed by atoms with Crippen LogP contribution in [0.1, 0.15) is 65.2 Å². The smallest absolute Gasteiger partial charge is 0.187 e. The zero-order valence-electron chi connectivity index (χ0n) is 22.3. The van der Waals surface area contributed by atoms with E-state index in [-0.39, 0.29) is 23.1 Å². The molecule has 0 saturated heterocycles. The van der Waals surface area contributed by atoms with Crippen molar-refractivity contribution in [3.8, 4) is 11.5 Å². The van der Waals surface area contributed by atoms with Crippen LogP contribution in [-0.4, -0.2) is 38.4 Å². The number of ether oxygens (including phenoxy) is 3. The summed E-state index contributed by atoms with van der Waals surface area (Å²) >= 11 is 0. The zero-order chi connectivity index (χ0) is 24.6. The van der Waals surface area contributed by atoms with Crippen molar-refractivity contribution in [1.29, 1.82) is 0 Å². The molecule has 0 amide bonds. The number of rotatable bonds is 7. The van der Waals surface area contributed by atoms with Gasteiger partial charge < -0.3 is 14.2 Å². The van der Waals surface area contributed by atoms with Crippen molar-refractivity contribution >= 4 is 24.4 Å². The standard InChI is InChI=1S/C25H32NO3P.C5H10.Fe/c1-17(2)19-16-29-25(26-19)18-10-9-15-22(18)30(23-13-7-5-11-20(23)27-3)24-14-8-6-12-21(24)28-4;1-2-4-5-3-1;/h5-8,11-14,17-19,22H,9-10,15-16H2,1-4H3;1-5H2;/t18?,19-,22?;;/m1../s1. The molecule has 0 bridgehead atoms. The number of para-hydroxylation sites is 2. The molecule has 2 aromatic carbocycles. The monoisotopic (exact) mass is 551 g/mol. The molecule has 2 aliphatic carbocycles. The Morgan fingerprint density at radius 2 is 1.33 bits per heavy atom. The summed E-state index contributed by atoms with van der Waals surface area (Å²) in [4.78, 5) is 5.02. The maximum atomic E-state index is 6.17. The van der Waals surface area contributed by atoms with Crippen molar-refractivity contribution in [2.24, 2.45) is 16.8 Å². The van der Waals surface area contributed by atoms with E-state index < -0.39 is 7.92 Å². The molecular formula is C30H42FeNO3P. The minimum Gasteiger partial charge on any atom is -0.496 e. The van der Waals surface area contributed by atoms with Gasteiger partial charge in [-0.15, -0.1) is 0 Å². The largest absolute Gasteiger partial charge is 0.496 e. The summed E-state index contributed by atoms with van der Waals surface area (Å²) in [5, 5.41) is 2.55. The van der Waals surface area contributed by atoms with Crippen LogP contribution in [0.3, 0.4) is 0 Å². The van der Waals surface area contributed by atoms with Crippen molar-refractivity contribution < 1.29 is 31.3 Å². The van der Waals surface area contributed by atoms with Gasteiger partial charge in [0.25, 0.3) is 0 Å². The van der Waals surface area contributed by atoms with E-state index in [1.165, 1.54) is 55.6 Å². The number of hydrogen-bond acceptors (Lipinski definition) is 4. The second-order valence-corrected chi connectivity index (χ2v) is 12.5. The number of nitrogens with zero attached hydrogens (tertiary/aromatic N) is 1.